The highest BCUT2D eigenvalue weighted by atomic mass is 79.9. The molecule has 2 N–H and O–H groups in total. The quantitative estimate of drug-likeness (QED) is 0.894. The molecule has 1 aromatic rings. The molecule has 0 radical (unpaired) electrons. The Labute approximate surface area is 122 Å². The van der Waals surface area contributed by atoms with E-state index in [0.29, 0.717) is 13.0 Å². The van der Waals surface area contributed by atoms with Gasteiger partial charge in [0.15, 0.2) is 0 Å². The Morgan fingerprint density at radius 2 is 2.21 bits per heavy atom. The Bertz CT molecular complexity index is 464. The number of benzene rings is 1. The Morgan fingerprint density at radius 3 is 2.95 bits per heavy atom. The number of nitrogens with zero attached hydrogens (tertiary/aromatic N) is 1. The van der Waals surface area contributed by atoms with Crippen molar-refractivity contribution in [3.8, 4) is 0 Å². The molecule has 1 saturated heterocycles. The van der Waals surface area contributed by atoms with Gasteiger partial charge in [0.05, 0.1) is 0 Å². The summed E-state index contributed by atoms with van der Waals surface area (Å²) in [5.41, 5.74) is 2.47. The second kappa shape index (κ2) is 6.39. The minimum atomic E-state index is 0.140. The number of anilines is 1. The summed E-state index contributed by atoms with van der Waals surface area (Å²) in [7, 11) is 1.96. The van der Waals surface area contributed by atoms with Gasteiger partial charge in [0, 0.05) is 42.3 Å². The molecule has 1 heterocycles. The van der Waals surface area contributed by atoms with Crippen molar-refractivity contribution in [1.29, 1.82) is 0 Å². The van der Waals surface area contributed by atoms with E-state index in [1.165, 1.54) is 11.3 Å². The van der Waals surface area contributed by atoms with Gasteiger partial charge in [-0.15, -0.1) is 0 Å². The fraction of sp³-hybridized carbons (Fsp3) is 0.500. The van der Waals surface area contributed by atoms with Crippen LogP contribution in [-0.2, 0) is 4.79 Å². The molecule has 1 unspecified atom stereocenters. The average molecular weight is 326 g/mol. The smallest absolute Gasteiger partial charge is 0.221 e. The molecular formula is C14H20BrN3O. The van der Waals surface area contributed by atoms with Crippen LogP contribution in [0.2, 0.25) is 0 Å². The van der Waals surface area contributed by atoms with Gasteiger partial charge in [-0.2, -0.15) is 0 Å². The van der Waals surface area contributed by atoms with E-state index in [1.807, 2.05) is 7.05 Å². The van der Waals surface area contributed by atoms with Crippen LogP contribution in [-0.4, -0.2) is 32.6 Å². The molecule has 0 aromatic heterocycles. The lowest BCUT2D eigenvalue weighted by Crippen LogP contribution is -2.30. The molecule has 1 amide bonds. The van der Waals surface area contributed by atoms with Crippen LogP contribution in [0.3, 0.4) is 0 Å². The number of carbonyl (C=O) groups excluding carboxylic acids is 1. The maximum Gasteiger partial charge on any atom is 0.221 e. The van der Waals surface area contributed by atoms with Crippen molar-refractivity contribution < 1.29 is 4.79 Å². The van der Waals surface area contributed by atoms with E-state index >= 15 is 0 Å². The lowest BCUT2D eigenvalue weighted by molar-refractivity contribution is -0.120. The van der Waals surface area contributed by atoms with E-state index in [0.717, 1.165) is 17.6 Å². The van der Waals surface area contributed by atoms with Crippen molar-refractivity contribution in [2.75, 3.05) is 31.6 Å². The third-order valence-electron chi connectivity index (χ3n) is 3.55. The molecule has 0 bridgehead atoms. The lowest BCUT2D eigenvalue weighted by Gasteiger charge is -2.27. The number of amides is 1. The minimum absolute atomic E-state index is 0.140. The zero-order valence-corrected chi connectivity index (χ0v) is 13.0. The molecule has 1 aliphatic heterocycles. The second-order valence-corrected chi connectivity index (χ2v) is 5.72. The Morgan fingerprint density at radius 1 is 1.42 bits per heavy atom. The van der Waals surface area contributed by atoms with Gasteiger partial charge in [-0.1, -0.05) is 22.0 Å². The number of hydrogen-bond acceptors (Lipinski definition) is 3. The van der Waals surface area contributed by atoms with Crippen LogP contribution >= 0.6 is 15.9 Å². The average Bonchev–Trinajstić information content (AvgIpc) is 2.62. The van der Waals surface area contributed by atoms with Crippen molar-refractivity contribution in [1.82, 2.24) is 10.6 Å². The first-order valence-corrected chi connectivity index (χ1v) is 7.39. The fourth-order valence-corrected chi connectivity index (χ4v) is 2.67. The third-order valence-corrected chi connectivity index (χ3v) is 4.04. The van der Waals surface area contributed by atoms with E-state index in [4.69, 9.17) is 0 Å². The van der Waals surface area contributed by atoms with E-state index in [9.17, 15) is 4.79 Å². The molecule has 1 aromatic carbocycles. The number of rotatable bonds is 3. The second-order valence-electron chi connectivity index (χ2n) is 4.80. The predicted molar refractivity (Wildman–Crippen MR) is 81.5 cm³/mol. The van der Waals surface area contributed by atoms with E-state index in [1.54, 1.807) is 0 Å². The number of nitrogens with one attached hydrogen (secondary N) is 2. The molecule has 104 valence electrons. The molecule has 0 saturated carbocycles. The molecule has 1 aliphatic rings. The molecular weight excluding hydrogens is 306 g/mol. The monoisotopic (exact) mass is 325 g/mol. The van der Waals surface area contributed by atoms with Crippen LogP contribution in [0, 0.1) is 0 Å². The number of carbonyl (C=O) groups is 1. The van der Waals surface area contributed by atoms with Gasteiger partial charge in [-0.05, 0) is 31.7 Å². The van der Waals surface area contributed by atoms with E-state index < -0.39 is 0 Å². The lowest BCUT2D eigenvalue weighted by atomic mass is 10.1. The van der Waals surface area contributed by atoms with E-state index in [2.05, 4.69) is 56.6 Å². The van der Waals surface area contributed by atoms with Crippen molar-refractivity contribution in [2.45, 2.75) is 19.4 Å². The van der Waals surface area contributed by atoms with Crippen LogP contribution in [0.1, 0.15) is 24.9 Å². The molecule has 4 nitrogen and oxygen atoms in total. The van der Waals surface area contributed by atoms with Crippen molar-refractivity contribution in [2.24, 2.45) is 0 Å². The summed E-state index contributed by atoms with van der Waals surface area (Å²) in [6.07, 6.45) is 0.555. The first kappa shape index (κ1) is 14.3. The summed E-state index contributed by atoms with van der Waals surface area (Å²) >= 11 is 3.54. The van der Waals surface area contributed by atoms with Crippen molar-refractivity contribution in [3.05, 3.63) is 28.2 Å². The summed E-state index contributed by atoms with van der Waals surface area (Å²) in [5.74, 6) is 0.140. The zero-order valence-electron chi connectivity index (χ0n) is 11.4. The number of halogens is 1. The van der Waals surface area contributed by atoms with Gasteiger partial charge in [0.25, 0.3) is 0 Å². The van der Waals surface area contributed by atoms with Gasteiger partial charge in [-0.3, -0.25) is 4.79 Å². The highest BCUT2D eigenvalue weighted by Gasteiger charge is 2.18. The van der Waals surface area contributed by atoms with Gasteiger partial charge in [-0.25, -0.2) is 0 Å². The Hall–Kier alpha value is -1.07. The number of hydrogen-bond donors (Lipinski definition) is 2. The first-order chi connectivity index (χ1) is 9.11. The maximum atomic E-state index is 11.4. The summed E-state index contributed by atoms with van der Waals surface area (Å²) in [5, 5.41) is 6.19. The van der Waals surface area contributed by atoms with Gasteiger partial charge in [0.1, 0.15) is 0 Å². The molecule has 5 heteroatoms. The van der Waals surface area contributed by atoms with E-state index in [-0.39, 0.29) is 11.9 Å². The van der Waals surface area contributed by atoms with Crippen LogP contribution in [0.25, 0.3) is 0 Å². The molecule has 0 aliphatic carbocycles. The summed E-state index contributed by atoms with van der Waals surface area (Å²) in [6.45, 7) is 4.48. The van der Waals surface area contributed by atoms with Gasteiger partial charge >= 0.3 is 0 Å². The predicted octanol–water partition coefficient (Wildman–Crippen LogP) is 2.06. The van der Waals surface area contributed by atoms with Crippen LogP contribution in [0.5, 0.6) is 0 Å². The molecule has 19 heavy (non-hydrogen) atoms. The molecule has 1 atom stereocenters. The molecule has 2 rings (SSSR count). The summed E-state index contributed by atoms with van der Waals surface area (Å²) in [4.78, 5) is 13.7. The topological polar surface area (TPSA) is 44.4 Å². The third kappa shape index (κ3) is 3.48. The summed E-state index contributed by atoms with van der Waals surface area (Å²) < 4.78 is 1.07. The fourth-order valence-electron chi connectivity index (χ4n) is 2.32. The Kier molecular flexibility index (Phi) is 4.82. The van der Waals surface area contributed by atoms with Crippen LogP contribution in [0.4, 0.5) is 5.69 Å². The minimum Gasteiger partial charge on any atom is -0.369 e. The first-order valence-electron chi connectivity index (χ1n) is 6.60. The summed E-state index contributed by atoms with van der Waals surface area (Å²) in [6, 6.07) is 6.63. The normalized spacial score (nSPS) is 17.8. The maximum absolute atomic E-state index is 11.4. The highest BCUT2D eigenvalue weighted by molar-refractivity contribution is 9.10. The largest absolute Gasteiger partial charge is 0.369 e. The van der Waals surface area contributed by atoms with Crippen LogP contribution < -0.4 is 15.5 Å². The molecule has 0 spiro atoms. The van der Waals surface area contributed by atoms with Gasteiger partial charge in [0.2, 0.25) is 5.91 Å². The van der Waals surface area contributed by atoms with Gasteiger partial charge < -0.3 is 15.5 Å². The highest BCUT2D eigenvalue weighted by Crippen LogP contribution is 2.30. The van der Waals surface area contributed by atoms with Crippen molar-refractivity contribution >= 4 is 27.5 Å². The molecule has 1 fully saturated rings. The SMILES string of the molecule is CNC(C)c1ccc(Br)cc1N1CCNC(=O)CC1. The zero-order chi connectivity index (χ0) is 13.8. The Balaban J connectivity index is 2.31. The standard InChI is InChI=1S/C14H20BrN3O/c1-10(16-2)12-4-3-11(15)9-13(12)18-7-5-14(19)17-6-8-18/h3-4,9-10,16H,5-8H2,1-2H3,(H,17,19). The van der Waals surface area contributed by atoms with Crippen LogP contribution in [0.15, 0.2) is 22.7 Å². The van der Waals surface area contributed by atoms with Crippen molar-refractivity contribution in [3.63, 3.8) is 0 Å².